The van der Waals surface area contributed by atoms with Crippen molar-refractivity contribution in [2.24, 2.45) is 0 Å². The SMILES string of the molecule is Cc1sc2nc(C[NH+]3CCN(C(=O)CN4CSCC4=O)CC3)[nH]c(=O)c2c1C. The summed E-state index contributed by atoms with van der Waals surface area (Å²) in [7, 11) is 0. The number of fused-ring (bicyclic) bond motifs is 1. The molecular weight excluding hydrogens is 398 g/mol. The first kappa shape index (κ1) is 19.4. The molecule has 2 aromatic rings. The Morgan fingerprint density at radius 2 is 2.00 bits per heavy atom. The van der Waals surface area contributed by atoms with E-state index in [1.54, 1.807) is 28.0 Å². The van der Waals surface area contributed by atoms with E-state index in [0.29, 0.717) is 42.5 Å². The number of carbonyl (C=O) groups is 2. The first-order valence-corrected chi connectivity index (χ1v) is 11.3. The number of amides is 2. The highest BCUT2D eigenvalue weighted by Crippen LogP contribution is 2.25. The number of thiophene rings is 1. The van der Waals surface area contributed by atoms with Gasteiger partial charge in [0, 0.05) is 4.88 Å². The predicted molar refractivity (Wildman–Crippen MR) is 110 cm³/mol. The second-order valence-electron chi connectivity index (χ2n) is 7.35. The van der Waals surface area contributed by atoms with Gasteiger partial charge in [-0.25, -0.2) is 4.98 Å². The molecule has 10 heteroatoms. The van der Waals surface area contributed by atoms with Gasteiger partial charge in [0.05, 0.1) is 43.2 Å². The first-order valence-electron chi connectivity index (χ1n) is 9.38. The molecule has 2 aliphatic heterocycles. The molecule has 2 N–H and O–H groups in total. The molecular formula is C18H24N5O3S2+. The molecule has 2 amide bonds. The van der Waals surface area contributed by atoms with Gasteiger partial charge in [-0.3, -0.25) is 14.4 Å². The van der Waals surface area contributed by atoms with Crippen LogP contribution in [0.15, 0.2) is 4.79 Å². The second kappa shape index (κ2) is 7.84. The average molecular weight is 423 g/mol. The van der Waals surface area contributed by atoms with Gasteiger partial charge in [0.1, 0.15) is 17.9 Å². The van der Waals surface area contributed by atoms with Gasteiger partial charge in [-0.05, 0) is 19.4 Å². The molecule has 28 heavy (non-hydrogen) atoms. The Morgan fingerprint density at radius 3 is 2.68 bits per heavy atom. The molecule has 4 rings (SSSR count). The Hall–Kier alpha value is -1.91. The normalized spacial score (nSPS) is 18.4. The Bertz CT molecular complexity index is 977. The van der Waals surface area contributed by atoms with Crippen LogP contribution in [-0.4, -0.2) is 75.9 Å². The lowest BCUT2D eigenvalue weighted by molar-refractivity contribution is -0.918. The van der Waals surface area contributed by atoms with Gasteiger partial charge in [0.25, 0.3) is 5.56 Å². The number of aryl methyl sites for hydroxylation is 2. The van der Waals surface area contributed by atoms with Gasteiger partial charge in [-0.2, -0.15) is 0 Å². The van der Waals surface area contributed by atoms with Crippen molar-refractivity contribution in [2.45, 2.75) is 20.4 Å². The van der Waals surface area contributed by atoms with E-state index in [-0.39, 0.29) is 23.9 Å². The van der Waals surface area contributed by atoms with Crippen molar-refractivity contribution < 1.29 is 14.5 Å². The molecule has 2 fully saturated rings. The lowest BCUT2D eigenvalue weighted by Crippen LogP contribution is -3.13. The molecule has 8 nitrogen and oxygen atoms in total. The standard InChI is InChI=1S/C18H23N5O3S2/c1-11-12(2)28-18-16(11)17(26)19-13(20-18)7-21-3-5-22(6-4-21)14(24)8-23-10-27-9-15(23)25/h3-10H2,1-2H3,(H,19,20,26)/p+1. The first-order chi connectivity index (χ1) is 13.4. The summed E-state index contributed by atoms with van der Waals surface area (Å²) >= 11 is 3.11. The number of hydrogen-bond donors (Lipinski definition) is 2. The van der Waals surface area contributed by atoms with Crippen LogP contribution in [0, 0.1) is 13.8 Å². The van der Waals surface area contributed by atoms with Crippen LogP contribution in [0.4, 0.5) is 0 Å². The molecule has 0 spiro atoms. The molecule has 2 saturated heterocycles. The van der Waals surface area contributed by atoms with Crippen LogP contribution in [0.1, 0.15) is 16.3 Å². The summed E-state index contributed by atoms with van der Waals surface area (Å²) < 4.78 is 0. The van der Waals surface area contributed by atoms with E-state index in [1.807, 2.05) is 18.7 Å². The van der Waals surface area contributed by atoms with Crippen molar-refractivity contribution >= 4 is 45.1 Å². The summed E-state index contributed by atoms with van der Waals surface area (Å²) in [6, 6.07) is 0. The molecule has 0 aromatic carbocycles. The summed E-state index contributed by atoms with van der Waals surface area (Å²) in [5.41, 5.74) is 0.942. The Balaban J connectivity index is 1.35. The van der Waals surface area contributed by atoms with Crippen LogP contribution >= 0.6 is 23.1 Å². The van der Waals surface area contributed by atoms with E-state index in [4.69, 9.17) is 0 Å². The van der Waals surface area contributed by atoms with E-state index in [0.717, 1.165) is 28.4 Å². The lowest BCUT2D eigenvalue weighted by atomic mass is 10.2. The maximum absolute atomic E-state index is 12.4. The highest BCUT2D eigenvalue weighted by atomic mass is 32.2. The third-order valence-corrected chi connectivity index (χ3v) is 7.53. The second-order valence-corrected chi connectivity index (χ2v) is 9.51. The van der Waals surface area contributed by atoms with E-state index in [2.05, 4.69) is 9.97 Å². The summed E-state index contributed by atoms with van der Waals surface area (Å²) in [6.45, 7) is 7.73. The molecule has 2 aromatic heterocycles. The minimum absolute atomic E-state index is 0.0207. The third kappa shape index (κ3) is 3.81. The van der Waals surface area contributed by atoms with Gasteiger partial charge in [-0.15, -0.1) is 23.1 Å². The molecule has 0 saturated carbocycles. The van der Waals surface area contributed by atoms with Gasteiger partial charge >= 0.3 is 0 Å². The van der Waals surface area contributed by atoms with Crippen LogP contribution in [0.5, 0.6) is 0 Å². The smallest absolute Gasteiger partial charge is 0.260 e. The molecule has 0 unspecified atom stereocenters. The van der Waals surface area contributed by atoms with E-state index in [9.17, 15) is 14.4 Å². The van der Waals surface area contributed by atoms with Crippen LogP contribution in [0.3, 0.4) is 0 Å². The zero-order valence-electron chi connectivity index (χ0n) is 16.0. The van der Waals surface area contributed by atoms with Crippen molar-refractivity contribution in [3.63, 3.8) is 0 Å². The molecule has 0 atom stereocenters. The maximum Gasteiger partial charge on any atom is 0.260 e. The largest absolute Gasteiger partial charge is 0.330 e. The van der Waals surface area contributed by atoms with Crippen LogP contribution in [0.2, 0.25) is 0 Å². The number of quaternary nitrogens is 1. The number of H-pyrrole nitrogens is 1. The minimum Gasteiger partial charge on any atom is -0.330 e. The summed E-state index contributed by atoms with van der Waals surface area (Å²) in [6.07, 6.45) is 0. The molecule has 0 bridgehead atoms. The zero-order chi connectivity index (χ0) is 19.8. The van der Waals surface area contributed by atoms with E-state index >= 15 is 0 Å². The number of hydrogen-bond acceptors (Lipinski definition) is 6. The number of nitrogens with zero attached hydrogens (tertiary/aromatic N) is 3. The topological polar surface area (TPSA) is 90.8 Å². The van der Waals surface area contributed by atoms with Gasteiger partial charge < -0.3 is 19.7 Å². The summed E-state index contributed by atoms with van der Waals surface area (Å²) in [5.74, 6) is 1.86. The predicted octanol–water partition coefficient (Wildman–Crippen LogP) is -0.639. The van der Waals surface area contributed by atoms with Gasteiger partial charge in [0.2, 0.25) is 11.8 Å². The fourth-order valence-electron chi connectivity index (χ4n) is 3.67. The highest BCUT2D eigenvalue weighted by Gasteiger charge is 2.29. The number of thioether (sulfide) groups is 1. The summed E-state index contributed by atoms with van der Waals surface area (Å²) in [4.78, 5) is 50.8. The van der Waals surface area contributed by atoms with E-state index in [1.165, 1.54) is 4.90 Å². The van der Waals surface area contributed by atoms with Crippen molar-refractivity contribution in [1.29, 1.82) is 0 Å². The lowest BCUT2D eigenvalue weighted by Gasteiger charge is -2.32. The third-order valence-electron chi connectivity index (χ3n) is 5.48. The quantitative estimate of drug-likeness (QED) is 0.684. The molecule has 2 aliphatic rings. The fraction of sp³-hybridized carbons (Fsp3) is 0.556. The number of piperazine rings is 1. The van der Waals surface area contributed by atoms with Crippen molar-refractivity contribution in [1.82, 2.24) is 19.8 Å². The van der Waals surface area contributed by atoms with Crippen molar-refractivity contribution in [2.75, 3.05) is 44.4 Å². The Morgan fingerprint density at radius 1 is 1.25 bits per heavy atom. The number of nitrogens with one attached hydrogen (secondary N) is 2. The molecule has 4 heterocycles. The highest BCUT2D eigenvalue weighted by molar-refractivity contribution is 8.00. The Kier molecular flexibility index (Phi) is 5.44. The number of carbonyl (C=O) groups excluding carboxylic acids is 2. The average Bonchev–Trinajstić information content (AvgIpc) is 3.18. The van der Waals surface area contributed by atoms with Gasteiger partial charge in [-0.1, -0.05) is 0 Å². The number of aromatic nitrogens is 2. The molecule has 0 radical (unpaired) electrons. The minimum atomic E-state index is -0.0665. The van der Waals surface area contributed by atoms with E-state index < -0.39 is 0 Å². The van der Waals surface area contributed by atoms with Gasteiger partial charge in [0.15, 0.2) is 5.82 Å². The van der Waals surface area contributed by atoms with Crippen LogP contribution in [-0.2, 0) is 16.1 Å². The number of rotatable bonds is 4. The fourth-order valence-corrected chi connectivity index (χ4v) is 5.63. The maximum atomic E-state index is 12.4. The Labute approximate surface area is 170 Å². The van der Waals surface area contributed by atoms with Crippen LogP contribution in [0.25, 0.3) is 10.2 Å². The number of aromatic amines is 1. The van der Waals surface area contributed by atoms with Crippen molar-refractivity contribution in [3.05, 3.63) is 26.6 Å². The zero-order valence-corrected chi connectivity index (χ0v) is 17.7. The molecule has 0 aliphatic carbocycles. The summed E-state index contributed by atoms with van der Waals surface area (Å²) in [5, 5.41) is 0.700. The van der Waals surface area contributed by atoms with Crippen molar-refractivity contribution in [3.8, 4) is 0 Å². The molecule has 150 valence electrons. The van der Waals surface area contributed by atoms with Crippen LogP contribution < -0.4 is 10.5 Å². The monoisotopic (exact) mass is 422 g/mol.